The quantitative estimate of drug-likeness (QED) is 0.859. The van der Waals surface area contributed by atoms with Crippen molar-refractivity contribution in [2.75, 3.05) is 20.1 Å². The Kier molecular flexibility index (Phi) is 5.91. The van der Waals surface area contributed by atoms with Gasteiger partial charge in [0.1, 0.15) is 5.01 Å². The number of carbonyl (C=O) groups is 1. The SMILES string of the molecule is CC(O)CN(C)C(=O)NCCc1csc(-c2ccccc2)n1. The van der Waals surface area contributed by atoms with Crippen LogP contribution < -0.4 is 5.32 Å². The number of hydrogen-bond donors (Lipinski definition) is 2. The maximum atomic E-state index is 11.8. The number of aliphatic hydroxyl groups excluding tert-OH is 1. The van der Waals surface area contributed by atoms with Crippen molar-refractivity contribution in [3.8, 4) is 10.6 Å². The van der Waals surface area contributed by atoms with E-state index in [1.807, 2.05) is 35.7 Å². The second-order valence-corrected chi connectivity index (χ2v) is 6.08. The molecule has 0 fully saturated rings. The standard InChI is InChI=1S/C16H21N3O2S/c1-12(20)10-19(2)16(21)17-9-8-14-11-22-15(18-14)13-6-4-3-5-7-13/h3-7,11-12,20H,8-10H2,1-2H3,(H,17,21). The fourth-order valence-corrected chi connectivity index (χ4v) is 2.91. The molecule has 0 saturated heterocycles. The van der Waals surface area contributed by atoms with Crippen molar-refractivity contribution in [2.45, 2.75) is 19.4 Å². The molecular weight excluding hydrogens is 298 g/mol. The number of benzene rings is 1. The highest BCUT2D eigenvalue weighted by Crippen LogP contribution is 2.23. The van der Waals surface area contributed by atoms with E-state index < -0.39 is 6.10 Å². The number of carbonyl (C=O) groups excluding carboxylic acids is 1. The van der Waals surface area contributed by atoms with Gasteiger partial charge in [0.05, 0.1) is 11.8 Å². The largest absolute Gasteiger partial charge is 0.392 e. The molecule has 2 aromatic rings. The normalized spacial score (nSPS) is 12.0. The molecule has 5 nitrogen and oxygen atoms in total. The van der Waals surface area contributed by atoms with Crippen molar-refractivity contribution in [1.82, 2.24) is 15.2 Å². The fourth-order valence-electron chi connectivity index (χ4n) is 2.05. The summed E-state index contributed by atoms with van der Waals surface area (Å²) >= 11 is 1.61. The Labute approximate surface area is 134 Å². The molecule has 6 heteroatoms. The first-order chi connectivity index (χ1) is 10.6. The van der Waals surface area contributed by atoms with Crippen LogP contribution in [0.5, 0.6) is 0 Å². The van der Waals surface area contributed by atoms with E-state index >= 15 is 0 Å². The van der Waals surface area contributed by atoms with Gasteiger partial charge in [-0.3, -0.25) is 0 Å². The molecule has 1 aromatic heterocycles. The predicted molar refractivity (Wildman–Crippen MR) is 89.0 cm³/mol. The number of amides is 2. The number of nitrogens with one attached hydrogen (secondary N) is 1. The lowest BCUT2D eigenvalue weighted by Crippen LogP contribution is -2.41. The van der Waals surface area contributed by atoms with Crippen LogP contribution in [0.2, 0.25) is 0 Å². The van der Waals surface area contributed by atoms with Crippen molar-refractivity contribution < 1.29 is 9.90 Å². The van der Waals surface area contributed by atoms with E-state index in [0.717, 1.165) is 16.3 Å². The van der Waals surface area contributed by atoms with Gasteiger partial charge in [-0.25, -0.2) is 9.78 Å². The fraction of sp³-hybridized carbons (Fsp3) is 0.375. The van der Waals surface area contributed by atoms with Crippen LogP contribution in [0.15, 0.2) is 35.7 Å². The van der Waals surface area contributed by atoms with E-state index in [2.05, 4.69) is 10.3 Å². The molecular formula is C16H21N3O2S. The van der Waals surface area contributed by atoms with E-state index in [1.54, 1.807) is 25.3 Å². The van der Waals surface area contributed by atoms with E-state index in [-0.39, 0.29) is 6.03 Å². The third kappa shape index (κ3) is 4.82. The van der Waals surface area contributed by atoms with Crippen molar-refractivity contribution in [1.29, 1.82) is 0 Å². The second kappa shape index (κ2) is 7.91. The second-order valence-electron chi connectivity index (χ2n) is 5.22. The first-order valence-corrected chi connectivity index (χ1v) is 8.11. The summed E-state index contributed by atoms with van der Waals surface area (Å²) in [6.07, 6.45) is 0.167. The zero-order valence-corrected chi connectivity index (χ0v) is 13.6. The lowest BCUT2D eigenvalue weighted by atomic mass is 10.2. The van der Waals surface area contributed by atoms with Gasteiger partial charge in [-0.1, -0.05) is 30.3 Å². The summed E-state index contributed by atoms with van der Waals surface area (Å²) in [7, 11) is 1.67. The number of urea groups is 1. The summed E-state index contributed by atoms with van der Waals surface area (Å²) < 4.78 is 0. The number of likely N-dealkylation sites (N-methyl/N-ethyl adjacent to an activating group) is 1. The molecule has 0 aliphatic carbocycles. The van der Waals surface area contributed by atoms with Gasteiger partial charge in [0.25, 0.3) is 0 Å². The Morgan fingerprint density at radius 1 is 1.41 bits per heavy atom. The molecule has 1 heterocycles. The minimum absolute atomic E-state index is 0.181. The third-order valence-electron chi connectivity index (χ3n) is 3.11. The summed E-state index contributed by atoms with van der Waals surface area (Å²) in [6.45, 7) is 2.51. The van der Waals surface area contributed by atoms with Crippen molar-refractivity contribution in [3.05, 3.63) is 41.4 Å². The van der Waals surface area contributed by atoms with Gasteiger partial charge in [-0.2, -0.15) is 0 Å². The number of thiazole rings is 1. The molecule has 0 saturated carbocycles. The van der Waals surface area contributed by atoms with Crippen LogP contribution in [0.25, 0.3) is 10.6 Å². The Balaban J connectivity index is 1.81. The minimum atomic E-state index is -0.525. The maximum absolute atomic E-state index is 11.8. The summed E-state index contributed by atoms with van der Waals surface area (Å²) in [5.74, 6) is 0. The van der Waals surface area contributed by atoms with Gasteiger partial charge in [-0.15, -0.1) is 11.3 Å². The highest BCUT2D eigenvalue weighted by molar-refractivity contribution is 7.13. The highest BCUT2D eigenvalue weighted by atomic mass is 32.1. The van der Waals surface area contributed by atoms with Crippen LogP contribution in [0.4, 0.5) is 4.79 Å². The Morgan fingerprint density at radius 3 is 2.82 bits per heavy atom. The van der Waals surface area contributed by atoms with Gasteiger partial charge in [0.2, 0.25) is 0 Å². The zero-order valence-electron chi connectivity index (χ0n) is 12.8. The van der Waals surface area contributed by atoms with Crippen molar-refractivity contribution in [3.63, 3.8) is 0 Å². The lowest BCUT2D eigenvalue weighted by Gasteiger charge is -2.19. The Bertz CT molecular complexity index is 598. The highest BCUT2D eigenvalue weighted by Gasteiger charge is 2.10. The van der Waals surface area contributed by atoms with Crippen LogP contribution in [-0.4, -0.2) is 47.3 Å². The Hall–Kier alpha value is -1.92. The van der Waals surface area contributed by atoms with E-state index in [4.69, 9.17) is 0 Å². The first-order valence-electron chi connectivity index (χ1n) is 7.23. The third-order valence-corrected chi connectivity index (χ3v) is 4.05. The number of rotatable bonds is 6. The van der Waals surface area contributed by atoms with Crippen LogP contribution in [0.3, 0.4) is 0 Å². The van der Waals surface area contributed by atoms with Crippen LogP contribution in [-0.2, 0) is 6.42 Å². The summed E-state index contributed by atoms with van der Waals surface area (Å²) in [6, 6.07) is 9.87. The maximum Gasteiger partial charge on any atom is 0.317 e. The van der Waals surface area contributed by atoms with Gasteiger partial charge in [-0.05, 0) is 6.92 Å². The molecule has 1 atom stereocenters. The van der Waals surface area contributed by atoms with Gasteiger partial charge in [0.15, 0.2) is 0 Å². The lowest BCUT2D eigenvalue weighted by molar-refractivity contribution is 0.144. The van der Waals surface area contributed by atoms with Crippen molar-refractivity contribution >= 4 is 17.4 Å². The van der Waals surface area contributed by atoms with Crippen molar-refractivity contribution in [2.24, 2.45) is 0 Å². The molecule has 2 amide bonds. The molecule has 22 heavy (non-hydrogen) atoms. The Morgan fingerprint density at radius 2 is 2.14 bits per heavy atom. The van der Waals surface area contributed by atoms with Gasteiger partial charge >= 0.3 is 6.03 Å². The smallest absolute Gasteiger partial charge is 0.317 e. The summed E-state index contributed by atoms with van der Waals surface area (Å²) in [5, 5.41) is 15.1. The van der Waals surface area contributed by atoms with Crippen LogP contribution >= 0.6 is 11.3 Å². The van der Waals surface area contributed by atoms with E-state index in [0.29, 0.717) is 19.5 Å². The zero-order chi connectivity index (χ0) is 15.9. The van der Waals surface area contributed by atoms with Crippen LogP contribution in [0, 0.1) is 0 Å². The monoisotopic (exact) mass is 319 g/mol. The molecule has 0 aliphatic rings. The molecule has 0 spiro atoms. The number of aromatic nitrogens is 1. The average molecular weight is 319 g/mol. The minimum Gasteiger partial charge on any atom is -0.392 e. The average Bonchev–Trinajstić information content (AvgIpc) is 2.96. The molecule has 0 bridgehead atoms. The van der Waals surface area contributed by atoms with Crippen LogP contribution in [0.1, 0.15) is 12.6 Å². The number of nitrogens with zero attached hydrogens (tertiary/aromatic N) is 2. The molecule has 2 rings (SSSR count). The molecule has 2 N–H and O–H groups in total. The molecule has 0 aliphatic heterocycles. The van der Waals surface area contributed by atoms with E-state index in [1.165, 1.54) is 4.90 Å². The number of aliphatic hydroxyl groups is 1. The molecule has 1 unspecified atom stereocenters. The molecule has 1 aromatic carbocycles. The summed E-state index contributed by atoms with van der Waals surface area (Å²) in [5.41, 5.74) is 2.08. The molecule has 118 valence electrons. The summed E-state index contributed by atoms with van der Waals surface area (Å²) in [4.78, 5) is 17.8. The van der Waals surface area contributed by atoms with Gasteiger partial charge in [0, 0.05) is 37.5 Å². The molecule has 0 radical (unpaired) electrons. The van der Waals surface area contributed by atoms with E-state index in [9.17, 15) is 9.90 Å². The first kappa shape index (κ1) is 16.5. The predicted octanol–water partition coefficient (Wildman–Crippen LogP) is 2.37. The number of hydrogen-bond acceptors (Lipinski definition) is 4. The topological polar surface area (TPSA) is 65.5 Å². The van der Waals surface area contributed by atoms with Gasteiger partial charge < -0.3 is 15.3 Å².